The fraction of sp³-hybridized carbons (Fsp3) is 0.872. The van der Waals surface area contributed by atoms with E-state index < -0.39 is 148 Å². The molecular weight excluding hydrogens is 1690 g/mol. The molecule has 0 spiro atoms. The van der Waals surface area contributed by atoms with Gasteiger partial charge in [0.2, 0.25) is 60.5 Å². The van der Waals surface area contributed by atoms with Gasteiger partial charge in [-0.05, 0) is 89.9 Å². The molecule has 0 radical (unpaired) electrons. The van der Waals surface area contributed by atoms with E-state index in [1.54, 1.807) is 6.66 Å². The minimum atomic E-state index is -2.68. The van der Waals surface area contributed by atoms with Crippen LogP contribution in [0.2, 0.25) is 0 Å². The molecule has 736 valence electrons. The molecule has 0 aromatic rings. The van der Waals surface area contributed by atoms with E-state index in [9.17, 15) is 103 Å². The summed E-state index contributed by atoms with van der Waals surface area (Å²) in [4.78, 5) is 140. The van der Waals surface area contributed by atoms with Crippen LogP contribution in [0.5, 0.6) is 0 Å². The van der Waals surface area contributed by atoms with E-state index in [0.717, 1.165) is 77.0 Å². The van der Waals surface area contributed by atoms with Gasteiger partial charge in [-0.25, -0.2) is 0 Å². The van der Waals surface area contributed by atoms with Crippen molar-refractivity contribution in [3.8, 4) is 0 Å². The molecule has 0 saturated carbocycles. The van der Waals surface area contributed by atoms with E-state index in [2.05, 4.69) is 47.9 Å². The maximum absolute atomic E-state index is 14.1. The largest absolute Gasteiger partial charge is 0.394 e. The van der Waals surface area contributed by atoms with E-state index in [-0.39, 0.29) is 191 Å². The summed E-state index contributed by atoms with van der Waals surface area (Å²) in [6.07, 6.45) is 1.83. The van der Waals surface area contributed by atoms with Crippen LogP contribution >= 0.6 is 7.37 Å². The van der Waals surface area contributed by atoms with Crippen LogP contribution in [0.3, 0.4) is 0 Å². The SMILES string of the molecule is CC(=O)NC1[C@H](OCCCCC(=O)CCCCNC(=O)CCOCC(COCCC(=O)NCCCNC(=O)CCCCO[C@@H]2OC(CO)[C@@H](O)[C@H](O)C2NC(C)=O)(COCCC(=O)NCCCNC(=O)CCCCO[C@@H]2OC(CO)[C@@H](O)[C@H](O)C2NC(C)=O)NC(=O)CCCCCCCCCCC(=O)CCCCCCCOP(C)(=O)C(C)(C)C)OC(CO)[C@@H](O)[C@@H]1O. The third-order valence-corrected chi connectivity index (χ3v) is 25.1. The molecule has 3 heterocycles. The van der Waals surface area contributed by atoms with E-state index in [1.807, 2.05) is 20.8 Å². The summed E-state index contributed by atoms with van der Waals surface area (Å²) in [5, 5.41) is 116. The van der Waals surface area contributed by atoms with Crippen LogP contribution in [-0.4, -0.2) is 339 Å². The first-order chi connectivity index (χ1) is 60.6. The van der Waals surface area contributed by atoms with Crippen molar-refractivity contribution in [2.45, 2.75) is 356 Å². The van der Waals surface area contributed by atoms with Gasteiger partial charge in [-0.2, -0.15) is 0 Å². The molecule has 3 aliphatic rings. The predicted octanol–water partition coefficient (Wildman–Crippen LogP) is 1.09. The van der Waals surface area contributed by atoms with Crippen molar-refractivity contribution >= 4 is 72.1 Å². The predicted molar refractivity (Wildman–Crippen MR) is 464 cm³/mol. The summed E-state index contributed by atoms with van der Waals surface area (Å²) in [5.41, 5.74) is -1.42. The summed E-state index contributed by atoms with van der Waals surface area (Å²) >= 11 is 0. The van der Waals surface area contributed by atoms with Gasteiger partial charge in [0.1, 0.15) is 90.2 Å². The number of carbonyl (C=O) groups excluding carboxylic acids is 11. The molecule has 3 saturated heterocycles. The zero-order chi connectivity index (χ0) is 94.0. The number of hydrogen-bond donors (Lipinski definition) is 18. The second kappa shape index (κ2) is 66.4. The summed E-state index contributed by atoms with van der Waals surface area (Å²) in [6.45, 7) is 10.2. The third-order valence-electron chi connectivity index (χ3n) is 22.0. The molecule has 40 nitrogen and oxygen atoms in total. The molecule has 0 bridgehead atoms. The molecule has 127 heavy (non-hydrogen) atoms. The van der Waals surface area contributed by atoms with Crippen molar-refractivity contribution in [3.05, 3.63) is 0 Å². The molecule has 18 N–H and O–H groups in total. The number of nitrogens with one attached hydrogen (secondary N) is 9. The Kier molecular flexibility index (Phi) is 60.2. The molecule has 3 rings (SSSR count). The number of ether oxygens (including phenoxy) is 9. The minimum absolute atomic E-state index is 0.00163. The van der Waals surface area contributed by atoms with Gasteiger partial charge in [-0.3, -0.25) is 57.3 Å². The minimum Gasteiger partial charge on any atom is -0.394 e. The van der Waals surface area contributed by atoms with Crippen molar-refractivity contribution < 1.29 is 150 Å². The summed E-state index contributed by atoms with van der Waals surface area (Å²) in [7, 11) is -2.68. The number of aliphatic hydroxyl groups is 9. The molecule has 16 atom stereocenters. The number of aliphatic hydroxyl groups excluding tert-OH is 9. The molecule has 9 amide bonds. The number of rotatable bonds is 73. The Labute approximate surface area is 748 Å². The van der Waals surface area contributed by atoms with Crippen molar-refractivity contribution in [1.82, 2.24) is 47.9 Å². The Bertz CT molecular complexity index is 2960. The van der Waals surface area contributed by atoms with Crippen LogP contribution < -0.4 is 47.9 Å². The fourth-order valence-electron chi connectivity index (χ4n) is 14.0. The van der Waals surface area contributed by atoms with Crippen molar-refractivity contribution in [3.63, 3.8) is 0 Å². The van der Waals surface area contributed by atoms with Crippen LogP contribution in [0.15, 0.2) is 0 Å². The van der Waals surface area contributed by atoms with Gasteiger partial charge in [-0.15, -0.1) is 0 Å². The van der Waals surface area contributed by atoms with Gasteiger partial charge < -0.3 is 141 Å². The van der Waals surface area contributed by atoms with Gasteiger partial charge in [0, 0.05) is 149 Å². The van der Waals surface area contributed by atoms with Crippen molar-refractivity contribution in [1.29, 1.82) is 0 Å². The topological polar surface area (TPSA) is 587 Å². The summed E-state index contributed by atoms with van der Waals surface area (Å²) in [6, 6.07) is -3.28. The van der Waals surface area contributed by atoms with Crippen molar-refractivity contribution in [2.24, 2.45) is 0 Å². The van der Waals surface area contributed by atoms with Gasteiger partial charge in [0.15, 0.2) is 18.9 Å². The molecular formula is C86H156N9O31P. The van der Waals surface area contributed by atoms with Gasteiger partial charge in [0.25, 0.3) is 0 Å². The third kappa shape index (κ3) is 49.9. The zero-order valence-corrected chi connectivity index (χ0v) is 77.1. The Balaban J connectivity index is 1.59. The zero-order valence-electron chi connectivity index (χ0n) is 76.2. The molecule has 3 fully saturated rings. The maximum Gasteiger partial charge on any atom is 0.222 e. The van der Waals surface area contributed by atoms with E-state index >= 15 is 0 Å². The van der Waals surface area contributed by atoms with E-state index in [1.165, 1.54) is 20.8 Å². The number of carbonyl (C=O) groups is 11. The Morgan fingerprint density at radius 3 is 0.898 bits per heavy atom. The lowest BCUT2D eigenvalue weighted by molar-refractivity contribution is -0.270. The lowest BCUT2D eigenvalue weighted by Gasteiger charge is -2.42. The van der Waals surface area contributed by atoms with Crippen LogP contribution in [0.25, 0.3) is 0 Å². The normalized spacial score (nSPS) is 23.4. The Morgan fingerprint density at radius 1 is 0.323 bits per heavy atom. The second-order valence-corrected chi connectivity index (χ2v) is 37.5. The highest BCUT2D eigenvalue weighted by Gasteiger charge is 2.48. The fourth-order valence-corrected chi connectivity index (χ4v) is 14.9. The molecule has 0 aliphatic carbocycles. The number of hydrogen-bond acceptors (Lipinski definition) is 31. The summed E-state index contributed by atoms with van der Waals surface area (Å²) in [5.74, 6) is -3.13. The molecule has 3 aliphatic heterocycles. The number of amides is 9. The highest BCUT2D eigenvalue weighted by Crippen LogP contribution is 2.55. The van der Waals surface area contributed by atoms with E-state index in [4.69, 9.17) is 47.2 Å². The monoisotopic (exact) mass is 1840 g/mol. The van der Waals surface area contributed by atoms with Crippen LogP contribution in [0.1, 0.15) is 253 Å². The highest BCUT2D eigenvalue weighted by atomic mass is 31.2. The first-order valence-electron chi connectivity index (χ1n) is 45.7. The number of ketones is 2. The lowest BCUT2D eigenvalue weighted by Crippen LogP contribution is -2.64. The smallest absolute Gasteiger partial charge is 0.222 e. The Morgan fingerprint density at radius 2 is 0.583 bits per heavy atom. The first-order valence-corrected chi connectivity index (χ1v) is 47.8. The maximum atomic E-state index is 14.1. The molecule has 7 unspecified atom stereocenters. The highest BCUT2D eigenvalue weighted by molar-refractivity contribution is 7.59. The first kappa shape index (κ1) is 115. The lowest BCUT2D eigenvalue weighted by atomic mass is 9.97. The average molecular weight is 1840 g/mol. The number of Topliss-reactive ketones (excluding diaryl/α,β-unsaturated/α-hetero) is 2. The van der Waals surface area contributed by atoms with Crippen LogP contribution in [0, 0.1) is 0 Å². The van der Waals surface area contributed by atoms with Gasteiger partial charge in [0.05, 0.1) is 66.1 Å². The standard InChI is InChI=1S/C86H156N9O31P/c1-59(99)92-73-79(113)76(110)64(53-96)124-82(73)120-46-26-21-34-63(103)33-20-24-41-87-69(106)38-50-117-56-86(95-72(109)37-19-15-11-9-8-10-13-17-31-62(102)32-18-14-12-16-25-49-123-127(7,116)85(4,5)6,57-118-51-39-70(107)90-44-29-42-88-67(104)35-22-27-47-121-83-74(93-60(2)100)80(114)77(111)65(54-97)125-83)58-119-52-40-71(108)91-45-30-43-89-68(105)36-23-28-48-122-84-75(94-61(3)101)81(115)78(112)66(55-98)126-84/h64-66,73-84,96-98,110-115H,8-58H2,1-7H3,(H,87,106)(H,88,104)(H,89,105)(H,90,107)(H,91,108)(H,92,99)(H,93,100)(H,94,101)(H,95,109)/t64?,65?,66?,73?,74?,75?,76-,77-,78-,79-,80-,81-,82-,83-,84-,86?,127?/m1/s1. The van der Waals surface area contributed by atoms with Crippen LogP contribution in [-0.2, 0) is 104 Å². The molecule has 0 aromatic carbocycles. The van der Waals surface area contributed by atoms with Crippen LogP contribution in [0.4, 0.5) is 0 Å². The van der Waals surface area contributed by atoms with Crippen molar-refractivity contribution in [2.75, 3.05) is 125 Å². The van der Waals surface area contributed by atoms with Gasteiger partial charge >= 0.3 is 0 Å². The number of unbranched alkanes of at least 4 members (excludes halogenated alkanes) is 15. The molecule has 0 aromatic heterocycles. The Hall–Kier alpha value is -5.96. The second-order valence-electron chi connectivity index (χ2n) is 34.2. The average Bonchev–Trinajstić information content (AvgIpc) is 0.815. The van der Waals surface area contributed by atoms with Gasteiger partial charge in [-0.1, -0.05) is 78.6 Å². The summed E-state index contributed by atoms with van der Waals surface area (Å²) < 4.78 is 70.8. The molecule has 41 heteroatoms. The van der Waals surface area contributed by atoms with E-state index in [0.29, 0.717) is 90.1 Å². The quantitative estimate of drug-likeness (QED) is 0.0299.